The molecule has 0 bridgehead atoms. The molecule has 6 nitrogen and oxygen atoms in total. The van der Waals surface area contributed by atoms with Crippen LogP contribution in [0.4, 0.5) is 0 Å². The van der Waals surface area contributed by atoms with Crippen LogP contribution in [0.5, 0.6) is 0 Å². The molecule has 2 aliphatic rings. The summed E-state index contributed by atoms with van der Waals surface area (Å²) in [6.45, 7) is 6.23. The second-order valence-corrected chi connectivity index (χ2v) is 7.14. The first kappa shape index (κ1) is 16.2. The van der Waals surface area contributed by atoms with Gasteiger partial charge in [0.25, 0.3) is 0 Å². The molecule has 0 aromatic carbocycles. The zero-order chi connectivity index (χ0) is 15.9. The summed E-state index contributed by atoms with van der Waals surface area (Å²) in [5.41, 5.74) is 5.84. The maximum absolute atomic E-state index is 12.8. The van der Waals surface area contributed by atoms with Crippen LogP contribution in [0.1, 0.15) is 40.0 Å². The van der Waals surface area contributed by atoms with Crippen molar-refractivity contribution in [3.8, 4) is 0 Å². The first-order valence-electron chi connectivity index (χ1n) is 7.63. The Kier molecular flexibility index (Phi) is 4.31. The summed E-state index contributed by atoms with van der Waals surface area (Å²) in [4.78, 5) is 25.5. The molecule has 5 atom stereocenters. The third-order valence-electron chi connectivity index (χ3n) is 5.65. The highest BCUT2D eigenvalue weighted by molar-refractivity contribution is 5.86. The first-order valence-corrected chi connectivity index (χ1v) is 7.63. The molecule has 1 saturated carbocycles. The third kappa shape index (κ3) is 2.79. The molecule has 2 rings (SSSR count). The van der Waals surface area contributed by atoms with Gasteiger partial charge < -0.3 is 20.8 Å². The van der Waals surface area contributed by atoms with Crippen molar-refractivity contribution in [3.05, 3.63) is 0 Å². The van der Waals surface area contributed by atoms with Crippen LogP contribution in [0.25, 0.3) is 0 Å². The molecule has 1 saturated heterocycles. The zero-order valence-electron chi connectivity index (χ0n) is 13.0. The molecule has 21 heavy (non-hydrogen) atoms. The van der Waals surface area contributed by atoms with E-state index in [-0.39, 0.29) is 42.2 Å². The second-order valence-electron chi connectivity index (χ2n) is 7.14. The smallest absolute Gasteiger partial charge is 0.326 e. The van der Waals surface area contributed by atoms with Crippen LogP contribution in [0.15, 0.2) is 0 Å². The Labute approximate surface area is 125 Å². The number of aliphatic hydroxyl groups excluding tert-OH is 1. The van der Waals surface area contributed by atoms with E-state index < -0.39 is 18.1 Å². The number of aliphatic carboxylic acids is 1. The van der Waals surface area contributed by atoms with Crippen molar-refractivity contribution >= 4 is 11.9 Å². The minimum absolute atomic E-state index is 0.0727. The van der Waals surface area contributed by atoms with Crippen molar-refractivity contribution in [2.24, 2.45) is 23.0 Å². The molecule has 6 heteroatoms. The highest BCUT2D eigenvalue weighted by atomic mass is 16.4. The third-order valence-corrected chi connectivity index (χ3v) is 5.65. The van der Waals surface area contributed by atoms with Crippen LogP contribution in [0, 0.1) is 17.3 Å². The number of carbonyl (C=O) groups is 2. The molecule has 0 aromatic heterocycles. The van der Waals surface area contributed by atoms with Crippen molar-refractivity contribution in [2.75, 3.05) is 6.54 Å². The lowest BCUT2D eigenvalue weighted by Gasteiger charge is -2.47. The van der Waals surface area contributed by atoms with E-state index in [1.807, 2.05) is 13.8 Å². The van der Waals surface area contributed by atoms with E-state index in [1.165, 1.54) is 4.90 Å². The van der Waals surface area contributed by atoms with Gasteiger partial charge in [-0.1, -0.05) is 20.8 Å². The Morgan fingerprint density at radius 2 is 1.90 bits per heavy atom. The van der Waals surface area contributed by atoms with E-state index in [4.69, 9.17) is 5.73 Å². The number of β-amino-alcohol motifs (C(OH)–C–C–N with tert-alkyl or cyclic N) is 1. The van der Waals surface area contributed by atoms with E-state index in [1.54, 1.807) is 0 Å². The molecule has 0 radical (unpaired) electrons. The Balaban J connectivity index is 2.21. The molecule has 1 aliphatic carbocycles. The molecule has 0 aromatic rings. The fourth-order valence-electron chi connectivity index (χ4n) is 3.78. The van der Waals surface area contributed by atoms with Gasteiger partial charge >= 0.3 is 5.97 Å². The number of likely N-dealkylation sites (tertiary alicyclic amines) is 1. The quantitative estimate of drug-likeness (QED) is 0.686. The number of carboxylic acid groups (broad SMARTS) is 1. The van der Waals surface area contributed by atoms with Crippen LogP contribution >= 0.6 is 0 Å². The van der Waals surface area contributed by atoms with E-state index in [2.05, 4.69) is 6.92 Å². The molecule has 120 valence electrons. The predicted octanol–water partition coefficient (Wildman–Crippen LogP) is 0.432. The summed E-state index contributed by atoms with van der Waals surface area (Å²) in [5.74, 6) is -1.24. The average molecular weight is 298 g/mol. The van der Waals surface area contributed by atoms with Gasteiger partial charge in [0.1, 0.15) is 6.04 Å². The van der Waals surface area contributed by atoms with Gasteiger partial charge in [0.15, 0.2) is 0 Å². The molecule has 1 heterocycles. The first-order chi connectivity index (χ1) is 9.66. The summed E-state index contributed by atoms with van der Waals surface area (Å²) in [6.07, 6.45) is 0.816. The molecule has 3 unspecified atom stereocenters. The normalized spacial score (nSPS) is 39.3. The Hall–Kier alpha value is -1.14. The van der Waals surface area contributed by atoms with Gasteiger partial charge in [-0.05, 0) is 24.2 Å². The van der Waals surface area contributed by atoms with Gasteiger partial charge in [-0.15, -0.1) is 0 Å². The predicted molar refractivity (Wildman–Crippen MR) is 77.4 cm³/mol. The minimum atomic E-state index is -1.04. The molecular weight excluding hydrogens is 272 g/mol. The molecule has 1 amide bonds. The molecular formula is C15H26N2O4. The SMILES string of the molecule is CC1C(N)CCC(C(=O)N2C[C@H](O)C[C@H]2C(=O)O)C1(C)C. The summed E-state index contributed by atoms with van der Waals surface area (Å²) in [7, 11) is 0. The van der Waals surface area contributed by atoms with Gasteiger partial charge in [-0.3, -0.25) is 4.79 Å². The average Bonchev–Trinajstić information content (AvgIpc) is 2.78. The standard InChI is InChI=1S/C15H26N2O4/c1-8-11(16)5-4-10(15(8,2)3)13(19)17-7-9(18)6-12(17)14(20)21/h8-12,18H,4-7,16H2,1-3H3,(H,20,21)/t8?,9-,10?,11?,12+/m1/s1. The highest BCUT2D eigenvalue weighted by Crippen LogP contribution is 2.45. The van der Waals surface area contributed by atoms with Crippen molar-refractivity contribution in [2.45, 2.75) is 58.2 Å². The van der Waals surface area contributed by atoms with Gasteiger partial charge in [0, 0.05) is 24.9 Å². The Morgan fingerprint density at radius 1 is 1.29 bits per heavy atom. The van der Waals surface area contributed by atoms with Gasteiger partial charge in [-0.2, -0.15) is 0 Å². The maximum Gasteiger partial charge on any atom is 0.326 e. The van der Waals surface area contributed by atoms with Crippen LogP contribution in [-0.4, -0.2) is 51.7 Å². The van der Waals surface area contributed by atoms with Crippen LogP contribution in [0.2, 0.25) is 0 Å². The highest BCUT2D eigenvalue weighted by Gasteiger charge is 2.49. The monoisotopic (exact) mass is 298 g/mol. The van der Waals surface area contributed by atoms with Crippen molar-refractivity contribution in [3.63, 3.8) is 0 Å². The van der Waals surface area contributed by atoms with Crippen molar-refractivity contribution in [1.82, 2.24) is 4.90 Å². The fourth-order valence-corrected chi connectivity index (χ4v) is 3.78. The minimum Gasteiger partial charge on any atom is -0.480 e. The molecule has 2 fully saturated rings. The van der Waals surface area contributed by atoms with Crippen LogP contribution < -0.4 is 5.73 Å². The lowest BCUT2D eigenvalue weighted by molar-refractivity contribution is -0.154. The van der Waals surface area contributed by atoms with Crippen molar-refractivity contribution < 1.29 is 19.8 Å². The number of carbonyl (C=O) groups excluding carboxylic acids is 1. The van der Waals surface area contributed by atoms with Crippen molar-refractivity contribution in [1.29, 1.82) is 0 Å². The summed E-state index contributed by atoms with van der Waals surface area (Å²) < 4.78 is 0. The van der Waals surface area contributed by atoms with Crippen LogP contribution in [0.3, 0.4) is 0 Å². The molecule has 1 aliphatic heterocycles. The van der Waals surface area contributed by atoms with E-state index >= 15 is 0 Å². The number of aliphatic hydroxyl groups is 1. The summed E-state index contributed by atoms with van der Waals surface area (Å²) >= 11 is 0. The number of hydrogen-bond donors (Lipinski definition) is 3. The fraction of sp³-hybridized carbons (Fsp3) is 0.867. The number of rotatable bonds is 2. The summed E-state index contributed by atoms with van der Waals surface area (Å²) in [6, 6.07) is -0.835. The van der Waals surface area contributed by atoms with E-state index in [0.29, 0.717) is 6.42 Å². The zero-order valence-corrected chi connectivity index (χ0v) is 13.0. The lowest BCUT2D eigenvalue weighted by atomic mass is 9.60. The Morgan fingerprint density at radius 3 is 2.48 bits per heavy atom. The number of nitrogens with zero attached hydrogens (tertiary/aromatic N) is 1. The van der Waals surface area contributed by atoms with Crippen LogP contribution in [-0.2, 0) is 9.59 Å². The largest absolute Gasteiger partial charge is 0.480 e. The number of amides is 1. The molecule has 4 N–H and O–H groups in total. The van der Waals surface area contributed by atoms with E-state index in [9.17, 15) is 19.8 Å². The number of carboxylic acids is 1. The molecule has 0 spiro atoms. The van der Waals surface area contributed by atoms with Gasteiger partial charge in [0.05, 0.1) is 6.10 Å². The topological polar surface area (TPSA) is 104 Å². The number of nitrogens with two attached hydrogens (primary N) is 1. The lowest BCUT2D eigenvalue weighted by Crippen LogP contribution is -2.54. The van der Waals surface area contributed by atoms with Gasteiger partial charge in [0.2, 0.25) is 5.91 Å². The van der Waals surface area contributed by atoms with E-state index in [0.717, 1.165) is 6.42 Å². The Bertz CT molecular complexity index is 437. The second kappa shape index (κ2) is 5.57. The maximum atomic E-state index is 12.8. The summed E-state index contributed by atoms with van der Waals surface area (Å²) in [5, 5.41) is 19.0. The van der Waals surface area contributed by atoms with Gasteiger partial charge in [-0.25, -0.2) is 4.79 Å². The number of hydrogen-bond acceptors (Lipinski definition) is 4.